The van der Waals surface area contributed by atoms with Crippen molar-refractivity contribution in [2.75, 3.05) is 30.0 Å². The maximum atomic E-state index is 13.3. The van der Waals surface area contributed by atoms with Gasteiger partial charge in [0.15, 0.2) is 6.61 Å². The lowest BCUT2D eigenvalue weighted by Crippen LogP contribution is -2.39. The van der Waals surface area contributed by atoms with Crippen LogP contribution in [0.15, 0.2) is 18.2 Å². The molecule has 1 atom stereocenters. The molecule has 136 valence electrons. The van der Waals surface area contributed by atoms with Crippen LogP contribution >= 0.6 is 24.2 Å². The van der Waals surface area contributed by atoms with Gasteiger partial charge in [-0.2, -0.15) is 24.9 Å². The normalized spacial score (nSPS) is 17.8. The zero-order chi connectivity index (χ0) is 16.9. The van der Waals surface area contributed by atoms with Crippen molar-refractivity contribution in [3.05, 3.63) is 24.0 Å². The molecule has 1 heterocycles. The third-order valence-corrected chi connectivity index (χ3v) is 4.17. The van der Waals surface area contributed by atoms with E-state index >= 15 is 0 Å². The van der Waals surface area contributed by atoms with Crippen molar-refractivity contribution in [3.63, 3.8) is 0 Å². The van der Waals surface area contributed by atoms with Gasteiger partial charge in [0.05, 0.1) is 5.69 Å². The fraction of sp³-hybridized carbons (Fsp3) is 0.500. The van der Waals surface area contributed by atoms with E-state index in [0.717, 1.165) is 36.2 Å². The smallest absolute Gasteiger partial charge is 0.422 e. The second-order valence-corrected chi connectivity index (χ2v) is 6.17. The van der Waals surface area contributed by atoms with E-state index in [2.05, 4.69) is 15.4 Å². The molecule has 0 radical (unpaired) electrons. The Balaban J connectivity index is 0.00000288. The van der Waals surface area contributed by atoms with E-state index in [4.69, 9.17) is 0 Å². The molecule has 1 unspecified atom stereocenters. The molecule has 1 aliphatic heterocycles. The van der Waals surface area contributed by atoms with Gasteiger partial charge in [0.1, 0.15) is 11.6 Å². The first-order valence-corrected chi connectivity index (χ1v) is 8.09. The summed E-state index contributed by atoms with van der Waals surface area (Å²) in [5.41, 5.74) is -0.109. The predicted molar refractivity (Wildman–Crippen MR) is 87.6 cm³/mol. The molecule has 10 heteroatoms. The maximum absolute atomic E-state index is 13.3. The number of anilines is 1. The van der Waals surface area contributed by atoms with Gasteiger partial charge < -0.3 is 15.4 Å². The number of carbonyl (C=O) groups is 1. The maximum Gasteiger partial charge on any atom is 0.422 e. The standard InChI is InChI=1S/C14H16F4N2O2S.ClH/c15-9-1-2-12(22-8-14(16,17)18)11(5-9)20-13(21)6-10-7-23-4-3-19-10;/h1-2,5,10,19H,3-4,6-8H2,(H,20,21);1H. The SMILES string of the molecule is Cl.O=C(CC1CSCCN1)Nc1cc(F)ccc1OCC(F)(F)F. The minimum Gasteiger partial charge on any atom is -0.482 e. The molecule has 2 N–H and O–H groups in total. The summed E-state index contributed by atoms with van der Waals surface area (Å²) in [6, 6.07) is 2.96. The molecule has 0 aromatic heterocycles. The van der Waals surface area contributed by atoms with E-state index in [1.54, 1.807) is 11.8 Å². The van der Waals surface area contributed by atoms with Gasteiger partial charge in [-0.05, 0) is 12.1 Å². The van der Waals surface area contributed by atoms with Crippen LogP contribution in [0.2, 0.25) is 0 Å². The molecule has 1 aliphatic rings. The number of halogens is 5. The second-order valence-electron chi connectivity index (χ2n) is 5.02. The van der Waals surface area contributed by atoms with Crippen LogP contribution in [-0.4, -0.2) is 42.8 Å². The first-order valence-electron chi connectivity index (χ1n) is 6.93. The Labute approximate surface area is 147 Å². The molecule has 0 bridgehead atoms. The lowest BCUT2D eigenvalue weighted by Gasteiger charge is -2.22. The minimum absolute atomic E-state index is 0. The fourth-order valence-electron chi connectivity index (χ4n) is 2.06. The summed E-state index contributed by atoms with van der Waals surface area (Å²) in [5.74, 6) is 0.437. The number of hydrogen-bond acceptors (Lipinski definition) is 4. The number of hydrogen-bond donors (Lipinski definition) is 2. The zero-order valence-electron chi connectivity index (χ0n) is 12.5. The van der Waals surface area contributed by atoms with Crippen molar-refractivity contribution in [2.45, 2.75) is 18.6 Å². The molecule has 4 nitrogen and oxygen atoms in total. The Bertz CT molecular complexity index is 554. The number of benzene rings is 1. The Morgan fingerprint density at radius 2 is 2.17 bits per heavy atom. The topological polar surface area (TPSA) is 50.4 Å². The fourth-order valence-corrected chi connectivity index (χ4v) is 3.01. The molecular formula is C14H17ClF4N2O2S. The van der Waals surface area contributed by atoms with Gasteiger partial charge in [0.2, 0.25) is 5.91 Å². The molecule has 2 rings (SSSR count). The summed E-state index contributed by atoms with van der Waals surface area (Å²) in [6.45, 7) is -0.717. The largest absolute Gasteiger partial charge is 0.482 e. The van der Waals surface area contributed by atoms with Gasteiger partial charge in [-0.3, -0.25) is 4.79 Å². The van der Waals surface area contributed by atoms with E-state index in [1.807, 2.05) is 0 Å². The Hall–Kier alpha value is -1.19. The third-order valence-electron chi connectivity index (χ3n) is 3.04. The number of rotatable bonds is 5. The molecule has 0 spiro atoms. The van der Waals surface area contributed by atoms with Crippen LogP contribution in [-0.2, 0) is 4.79 Å². The highest BCUT2D eigenvalue weighted by atomic mass is 35.5. The molecule has 0 saturated carbocycles. The van der Waals surface area contributed by atoms with Gasteiger partial charge in [-0.15, -0.1) is 12.4 Å². The van der Waals surface area contributed by atoms with E-state index in [9.17, 15) is 22.4 Å². The highest BCUT2D eigenvalue weighted by molar-refractivity contribution is 7.99. The number of nitrogens with one attached hydrogen (secondary N) is 2. The summed E-state index contributed by atoms with van der Waals surface area (Å²) in [7, 11) is 0. The van der Waals surface area contributed by atoms with Crippen molar-refractivity contribution in [3.8, 4) is 5.75 Å². The molecular weight excluding hydrogens is 372 g/mol. The molecule has 1 fully saturated rings. The minimum atomic E-state index is -4.51. The van der Waals surface area contributed by atoms with Gasteiger partial charge in [0, 0.05) is 36.6 Å². The lowest BCUT2D eigenvalue weighted by atomic mass is 10.2. The average Bonchev–Trinajstić information content (AvgIpc) is 2.46. The van der Waals surface area contributed by atoms with E-state index in [0.29, 0.717) is 0 Å². The molecule has 0 aliphatic carbocycles. The highest BCUT2D eigenvalue weighted by Gasteiger charge is 2.29. The summed E-state index contributed by atoms with van der Waals surface area (Å²) < 4.78 is 54.6. The van der Waals surface area contributed by atoms with Crippen molar-refractivity contribution in [1.82, 2.24) is 5.32 Å². The Kier molecular flexibility index (Phi) is 8.11. The summed E-state index contributed by atoms with van der Waals surface area (Å²) in [4.78, 5) is 12.0. The predicted octanol–water partition coefficient (Wildman–Crippen LogP) is 3.22. The van der Waals surface area contributed by atoms with Crippen molar-refractivity contribution >= 4 is 35.8 Å². The first kappa shape index (κ1) is 20.9. The van der Waals surface area contributed by atoms with Crippen LogP contribution in [0, 0.1) is 5.82 Å². The molecule has 1 aromatic rings. The van der Waals surface area contributed by atoms with Gasteiger partial charge in [0.25, 0.3) is 0 Å². The number of ether oxygens (including phenoxy) is 1. The summed E-state index contributed by atoms with van der Waals surface area (Å²) >= 11 is 1.72. The first-order chi connectivity index (χ1) is 10.8. The van der Waals surface area contributed by atoms with Crippen LogP contribution < -0.4 is 15.4 Å². The number of alkyl halides is 3. The quantitative estimate of drug-likeness (QED) is 0.760. The van der Waals surface area contributed by atoms with Crippen LogP contribution in [0.25, 0.3) is 0 Å². The number of thioether (sulfide) groups is 1. The zero-order valence-corrected chi connectivity index (χ0v) is 14.1. The monoisotopic (exact) mass is 388 g/mol. The van der Waals surface area contributed by atoms with Crippen molar-refractivity contribution in [1.29, 1.82) is 0 Å². The number of amides is 1. The Morgan fingerprint density at radius 3 is 2.79 bits per heavy atom. The molecule has 1 amide bonds. The van der Waals surface area contributed by atoms with Crippen LogP contribution in [0.1, 0.15) is 6.42 Å². The third kappa shape index (κ3) is 7.14. The molecule has 24 heavy (non-hydrogen) atoms. The lowest BCUT2D eigenvalue weighted by molar-refractivity contribution is -0.153. The van der Waals surface area contributed by atoms with E-state index < -0.39 is 24.5 Å². The molecule has 1 saturated heterocycles. The van der Waals surface area contributed by atoms with E-state index in [-0.39, 0.29) is 36.3 Å². The van der Waals surface area contributed by atoms with Crippen LogP contribution in [0.4, 0.5) is 23.2 Å². The van der Waals surface area contributed by atoms with Gasteiger partial charge in [-0.25, -0.2) is 4.39 Å². The summed E-state index contributed by atoms with van der Waals surface area (Å²) in [6.07, 6.45) is -4.36. The Morgan fingerprint density at radius 1 is 1.42 bits per heavy atom. The van der Waals surface area contributed by atoms with Gasteiger partial charge >= 0.3 is 6.18 Å². The van der Waals surface area contributed by atoms with E-state index in [1.165, 1.54) is 0 Å². The van der Waals surface area contributed by atoms with Crippen molar-refractivity contribution in [2.24, 2.45) is 0 Å². The average molecular weight is 389 g/mol. The molecule has 1 aromatic carbocycles. The van der Waals surface area contributed by atoms with Crippen molar-refractivity contribution < 1.29 is 27.1 Å². The highest BCUT2D eigenvalue weighted by Crippen LogP contribution is 2.28. The second kappa shape index (κ2) is 9.33. The number of carbonyl (C=O) groups excluding carboxylic acids is 1. The van der Waals surface area contributed by atoms with Crippen LogP contribution in [0.5, 0.6) is 5.75 Å². The summed E-state index contributed by atoms with van der Waals surface area (Å²) in [5, 5.41) is 5.59. The van der Waals surface area contributed by atoms with Gasteiger partial charge in [-0.1, -0.05) is 0 Å². The van der Waals surface area contributed by atoms with Crippen LogP contribution in [0.3, 0.4) is 0 Å².